The molecule has 0 unspecified atom stereocenters. The Balaban J connectivity index is 1.58. The summed E-state index contributed by atoms with van der Waals surface area (Å²) >= 11 is 5.77. The molecule has 2 fully saturated rings. The molecule has 0 aliphatic heterocycles. The van der Waals surface area contributed by atoms with E-state index in [9.17, 15) is 4.39 Å². The summed E-state index contributed by atoms with van der Waals surface area (Å²) in [5, 5.41) is 0.237. The average molecular weight is 294 g/mol. The third-order valence-electron chi connectivity index (χ3n) is 5.34. The van der Waals surface area contributed by atoms with Gasteiger partial charge in [-0.1, -0.05) is 17.7 Å². The van der Waals surface area contributed by atoms with Crippen LogP contribution in [0.4, 0.5) is 4.39 Å². The van der Waals surface area contributed by atoms with E-state index < -0.39 is 0 Å². The fourth-order valence-corrected chi connectivity index (χ4v) is 4.23. The van der Waals surface area contributed by atoms with Crippen LogP contribution in [0.2, 0.25) is 5.02 Å². The first-order valence-electron chi connectivity index (χ1n) is 8.00. The summed E-state index contributed by atoms with van der Waals surface area (Å²) in [5.41, 5.74) is 1.14. The lowest BCUT2D eigenvalue weighted by molar-refractivity contribution is 0.199. The van der Waals surface area contributed by atoms with Gasteiger partial charge in [0, 0.05) is 0 Å². The highest BCUT2D eigenvalue weighted by molar-refractivity contribution is 6.30. The lowest BCUT2D eigenvalue weighted by Gasteiger charge is -2.36. The second-order valence-electron chi connectivity index (χ2n) is 6.49. The fraction of sp³-hybridized carbons (Fsp3) is 0.611. The first-order chi connectivity index (χ1) is 9.74. The molecule has 1 aromatic rings. The monoisotopic (exact) mass is 293 g/mol. The summed E-state index contributed by atoms with van der Waals surface area (Å²) < 4.78 is 13.6. The van der Waals surface area contributed by atoms with Crippen molar-refractivity contribution in [2.75, 3.05) is 0 Å². The average Bonchev–Trinajstić information content (AvgIpc) is 2.51. The molecule has 2 saturated carbocycles. The molecule has 2 aliphatic carbocycles. The minimum absolute atomic E-state index is 0.237. The Labute approximate surface area is 126 Å². The summed E-state index contributed by atoms with van der Waals surface area (Å²) in [5.74, 6) is 2.13. The zero-order chi connectivity index (χ0) is 13.9. The Hall–Kier alpha value is -0.560. The molecule has 1 radical (unpaired) electrons. The molecule has 0 heterocycles. The predicted octanol–water partition coefficient (Wildman–Crippen LogP) is 6.15. The van der Waals surface area contributed by atoms with E-state index in [1.54, 1.807) is 12.1 Å². The highest BCUT2D eigenvalue weighted by Crippen LogP contribution is 2.43. The van der Waals surface area contributed by atoms with Crippen LogP contribution in [-0.2, 0) is 0 Å². The first kappa shape index (κ1) is 14.4. The van der Waals surface area contributed by atoms with Crippen molar-refractivity contribution < 1.29 is 4.39 Å². The van der Waals surface area contributed by atoms with Crippen LogP contribution in [0, 0.1) is 24.1 Å². The maximum Gasteiger partial charge on any atom is 0.142 e. The number of benzene rings is 1. The number of rotatable bonds is 2. The van der Waals surface area contributed by atoms with Gasteiger partial charge in [-0.2, -0.15) is 0 Å². The highest BCUT2D eigenvalue weighted by Gasteiger charge is 2.29. The maximum atomic E-state index is 13.6. The lowest BCUT2D eigenvalue weighted by Crippen LogP contribution is -2.23. The van der Waals surface area contributed by atoms with Gasteiger partial charge in [0.1, 0.15) is 5.82 Å². The molecule has 0 aromatic heterocycles. The van der Waals surface area contributed by atoms with E-state index in [4.69, 9.17) is 11.6 Å². The molecule has 0 atom stereocenters. The SMILES string of the molecule is Fc1cc(C2CCC(C3CC[CH]CC3)CC2)ccc1Cl. The van der Waals surface area contributed by atoms with Gasteiger partial charge in [0.05, 0.1) is 5.02 Å². The van der Waals surface area contributed by atoms with Crippen LogP contribution in [0.25, 0.3) is 0 Å². The van der Waals surface area contributed by atoms with Crippen LogP contribution >= 0.6 is 11.6 Å². The standard InChI is InChI=1S/C18H23ClF/c19-17-11-10-16(12-18(17)20)15-8-6-14(7-9-15)13-4-2-1-3-5-13/h1,10-15H,2-9H2. The van der Waals surface area contributed by atoms with Crippen LogP contribution in [0.3, 0.4) is 0 Å². The molecule has 0 N–H and O–H groups in total. The van der Waals surface area contributed by atoms with Crippen molar-refractivity contribution >= 4 is 11.6 Å². The Kier molecular flexibility index (Phi) is 4.65. The van der Waals surface area contributed by atoms with Gasteiger partial charge in [0.15, 0.2) is 0 Å². The normalized spacial score (nSPS) is 28.5. The molecule has 2 aliphatic rings. The number of halogens is 2. The first-order valence-corrected chi connectivity index (χ1v) is 8.38. The zero-order valence-electron chi connectivity index (χ0n) is 12.0. The van der Waals surface area contributed by atoms with Gasteiger partial charge in [0.25, 0.3) is 0 Å². The second-order valence-corrected chi connectivity index (χ2v) is 6.90. The highest BCUT2D eigenvalue weighted by atomic mass is 35.5. The van der Waals surface area contributed by atoms with Crippen molar-refractivity contribution in [3.63, 3.8) is 0 Å². The molecular weight excluding hydrogens is 271 g/mol. The molecular formula is C18H23ClF. The minimum atomic E-state index is -0.269. The Morgan fingerprint density at radius 2 is 1.55 bits per heavy atom. The topological polar surface area (TPSA) is 0 Å². The zero-order valence-corrected chi connectivity index (χ0v) is 12.7. The molecule has 109 valence electrons. The van der Waals surface area contributed by atoms with Crippen molar-refractivity contribution in [2.45, 2.75) is 57.3 Å². The summed E-state index contributed by atoms with van der Waals surface area (Å²) in [6.07, 6.45) is 12.9. The van der Waals surface area contributed by atoms with E-state index in [1.807, 2.05) is 6.07 Å². The van der Waals surface area contributed by atoms with E-state index in [2.05, 4.69) is 6.42 Å². The van der Waals surface area contributed by atoms with Gasteiger partial charge < -0.3 is 0 Å². The second kappa shape index (κ2) is 6.47. The molecule has 0 bridgehead atoms. The van der Waals surface area contributed by atoms with E-state index in [-0.39, 0.29) is 10.8 Å². The van der Waals surface area contributed by atoms with E-state index >= 15 is 0 Å². The summed E-state index contributed by atoms with van der Waals surface area (Å²) in [6, 6.07) is 5.35. The van der Waals surface area contributed by atoms with Crippen molar-refractivity contribution in [2.24, 2.45) is 11.8 Å². The van der Waals surface area contributed by atoms with Crippen LogP contribution in [-0.4, -0.2) is 0 Å². The van der Waals surface area contributed by atoms with Crippen molar-refractivity contribution in [1.82, 2.24) is 0 Å². The van der Waals surface area contributed by atoms with Crippen LogP contribution in [0.15, 0.2) is 18.2 Å². The van der Waals surface area contributed by atoms with E-state index in [0.29, 0.717) is 5.92 Å². The molecule has 0 saturated heterocycles. The molecule has 2 heteroatoms. The maximum absolute atomic E-state index is 13.6. The van der Waals surface area contributed by atoms with E-state index in [1.165, 1.54) is 51.4 Å². The summed E-state index contributed by atoms with van der Waals surface area (Å²) in [4.78, 5) is 0. The Morgan fingerprint density at radius 3 is 2.20 bits per heavy atom. The summed E-state index contributed by atoms with van der Waals surface area (Å²) in [6.45, 7) is 0. The Bertz CT molecular complexity index is 443. The van der Waals surface area contributed by atoms with Gasteiger partial charge in [0.2, 0.25) is 0 Å². The quantitative estimate of drug-likeness (QED) is 0.613. The van der Waals surface area contributed by atoms with Gasteiger partial charge >= 0.3 is 0 Å². The number of hydrogen-bond acceptors (Lipinski definition) is 0. The molecule has 20 heavy (non-hydrogen) atoms. The lowest BCUT2D eigenvalue weighted by atomic mass is 9.70. The Morgan fingerprint density at radius 1 is 0.900 bits per heavy atom. The van der Waals surface area contributed by atoms with Gasteiger partial charge in [-0.15, -0.1) is 0 Å². The largest absolute Gasteiger partial charge is 0.205 e. The number of hydrogen-bond donors (Lipinski definition) is 0. The molecule has 0 spiro atoms. The smallest absolute Gasteiger partial charge is 0.142 e. The van der Waals surface area contributed by atoms with Crippen molar-refractivity contribution in [1.29, 1.82) is 0 Å². The van der Waals surface area contributed by atoms with Crippen LogP contribution in [0.1, 0.15) is 62.8 Å². The van der Waals surface area contributed by atoms with E-state index in [0.717, 1.165) is 17.4 Å². The van der Waals surface area contributed by atoms with Crippen LogP contribution < -0.4 is 0 Å². The molecule has 1 aromatic carbocycles. The van der Waals surface area contributed by atoms with Gasteiger partial charge in [-0.25, -0.2) is 4.39 Å². The van der Waals surface area contributed by atoms with Crippen LogP contribution in [0.5, 0.6) is 0 Å². The van der Waals surface area contributed by atoms with Gasteiger partial charge in [-0.3, -0.25) is 0 Å². The summed E-state index contributed by atoms with van der Waals surface area (Å²) in [7, 11) is 0. The third kappa shape index (κ3) is 3.19. The van der Waals surface area contributed by atoms with Gasteiger partial charge in [-0.05, 0) is 93.2 Å². The molecule has 3 rings (SSSR count). The minimum Gasteiger partial charge on any atom is -0.205 e. The third-order valence-corrected chi connectivity index (χ3v) is 5.64. The van der Waals surface area contributed by atoms with Crippen molar-refractivity contribution in [3.05, 3.63) is 41.0 Å². The molecule has 0 amide bonds. The fourth-order valence-electron chi connectivity index (χ4n) is 4.11. The van der Waals surface area contributed by atoms with Crippen molar-refractivity contribution in [3.8, 4) is 0 Å². The predicted molar refractivity (Wildman–Crippen MR) is 82.4 cm³/mol. The molecule has 0 nitrogen and oxygen atoms in total.